The van der Waals surface area contributed by atoms with Gasteiger partial charge in [-0.25, -0.2) is 0 Å². The van der Waals surface area contributed by atoms with Crippen LogP contribution in [0.15, 0.2) is 48.5 Å². The van der Waals surface area contributed by atoms with Crippen LogP contribution in [-0.2, 0) is 4.79 Å². The van der Waals surface area contributed by atoms with Crippen LogP contribution < -0.4 is 15.6 Å². The molecule has 3 rings (SSSR count). The molecular weight excluding hydrogens is 394 g/mol. The van der Waals surface area contributed by atoms with Crippen LogP contribution >= 0.6 is 22.9 Å². The van der Waals surface area contributed by atoms with Crippen molar-refractivity contribution >= 4 is 50.5 Å². The van der Waals surface area contributed by atoms with Crippen LogP contribution in [0.4, 0.5) is 5.69 Å². The number of hydrazine groups is 1. The number of hydrogen-bond donors (Lipinski definition) is 2. The summed E-state index contributed by atoms with van der Waals surface area (Å²) in [6, 6.07) is 12.9. The SMILES string of the molecule is O=C(COc1ccccc1[N+](=O)[O-])NNC(=O)c1sc2ccccc2c1Cl. The predicted molar refractivity (Wildman–Crippen MR) is 101 cm³/mol. The third-order valence-corrected chi connectivity index (χ3v) is 5.15. The number of halogens is 1. The highest BCUT2D eigenvalue weighted by molar-refractivity contribution is 7.21. The Morgan fingerprint density at radius 2 is 1.81 bits per heavy atom. The molecule has 0 spiro atoms. The van der Waals surface area contributed by atoms with Crippen molar-refractivity contribution in [2.24, 2.45) is 0 Å². The first kappa shape index (κ1) is 18.6. The maximum atomic E-state index is 12.2. The summed E-state index contributed by atoms with van der Waals surface area (Å²) in [5.41, 5.74) is 4.18. The molecule has 0 aliphatic heterocycles. The standard InChI is InChI=1S/C17H12ClN3O5S/c18-15-10-5-1-4-8-13(10)27-16(15)17(23)20-19-14(22)9-26-12-7-3-2-6-11(12)21(24)25/h1-8H,9H2,(H,19,22)(H,20,23). The first-order valence-electron chi connectivity index (χ1n) is 7.60. The number of nitro benzene ring substituents is 1. The zero-order chi connectivity index (χ0) is 19.4. The van der Waals surface area contributed by atoms with Gasteiger partial charge in [-0.15, -0.1) is 11.3 Å². The van der Waals surface area contributed by atoms with Crippen LogP contribution in [0.25, 0.3) is 10.1 Å². The summed E-state index contributed by atoms with van der Waals surface area (Å²) in [5.74, 6) is -1.30. The molecule has 138 valence electrons. The second kappa shape index (κ2) is 8.02. The van der Waals surface area contributed by atoms with E-state index >= 15 is 0 Å². The lowest BCUT2D eigenvalue weighted by Crippen LogP contribution is -2.43. The van der Waals surface area contributed by atoms with Crippen molar-refractivity contribution < 1.29 is 19.2 Å². The van der Waals surface area contributed by atoms with E-state index in [1.54, 1.807) is 12.1 Å². The summed E-state index contributed by atoms with van der Waals surface area (Å²) in [6.07, 6.45) is 0. The minimum absolute atomic E-state index is 0.0449. The van der Waals surface area contributed by atoms with Gasteiger partial charge in [0.2, 0.25) is 0 Å². The highest BCUT2D eigenvalue weighted by Crippen LogP contribution is 2.34. The molecule has 0 aliphatic carbocycles. The molecule has 0 atom stereocenters. The first-order chi connectivity index (χ1) is 13.0. The number of thiophene rings is 1. The third-order valence-electron chi connectivity index (χ3n) is 3.48. The molecular formula is C17H12ClN3O5S. The Morgan fingerprint density at radius 3 is 2.56 bits per heavy atom. The quantitative estimate of drug-likeness (QED) is 0.499. The number of nitro groups is 1. The van der Waals surface area contributed by atoms with Gasteiger partial charge in [-0.3, -0.25) is 30.6 Å². The lowest BCUT2D eigenvalue weighted by molar-refractivity contribution is -0.385. The second-order valence-electron chi connectivity index (χ2n) is 5.26. The number of amides is 2. The van der Waals surface area contributed by atoms with E-state index in [0.717, 1.165) is 10.1 Å². The Kier molecular flexibility index (Phi) is 5.53. The van der Waals surface area contributed by atoms with E-state index < -0.39 is 23.3 Å². The molecule has 0 aliphatic rings. The van der Waals surface area contributed by atoms with E-state index in [4.69, 9.17) is 16.3 Å². The van der Waals surface area contributed by atoms with Crippen LogP contribution in [-0.4, -0.2) is 23.3 Å². The molecule has 8 nitrogen and oxygen atoms in total. The summed E-state index contributed by atoms with van der Waals surface area (Å²) in [5, 5.41) is 12.0. The minimum atomic E-state index is -0.682. The number of para-hydroxylation sites is 2. The van der Waals surface area contributed by atoms with Crippen molar-refractivity contribution in [1.82, 2.24) is 10.9 Å². The second-order valence-corrected chi connectivity index (χ2v) is 6.69. The van der Waals surface area contributed by atoms with E-state index in [1.807, 2.05) is 18.2 Å². The number of fused-ring (bicyclic) bond motifs is 1. The molecule has 0 fully saturated rings. The minimum Gasteiger partial charge on any atom is -0.477 e. The number of carbonyl (C=O) groups is 2. The number of ether oxygens (including phenoxy) is 1. The molecule has 3 aromatic rings. The van der Waals surface area contributed by atoms with Crippen molar-refractivity contribution in [2.45, 2.75) is 0 Å². The van der Waals surface area contributed by atoms with Crippen LogP contribution in [0, 0.1) is 10.1 Å². The van der Waals surface area contributed by atoms with Gasteiger partial charge in [0.1, 0.15) is 4.88 Å². The molecule has 1 aromatic heterocycles. The van der Waals surface area contributed by atoms with Crippen LogP contribution in [0.3, 0.4) is 0 Å². The normalized spacial score (nSPS) is 10.4. The van der Waals surface area contributed by atoms with E-state index in [1.165, 1.54) is 29.5 Å². The Hall–Kier alpha value is -3.17. The molecule has 10 heteroatoms. The van der Waals surface area contributed by atoms with Gasteiger partial charge >= 0.3 is 5.69 Å². The van der Waals surface area contributed by atoms with Crippen molar-refractivity contribution in [3.63, 3.8) is 0 Å². The maximum absolute atomic E-state index is 12.2. The van der Waals surface area contributed by atoms with Gasteiger partial charge in [-0.1, -0.05) is 41.9 Å². The van der Waals surface area contributed by atoms with Crippen LogP contribution in [0.2, 0.25) is 5.02 Å². The average Bonchev–Trinajstić information content (AvgIpc) is 3.01. The summed E-state index contributed by atoms with van der Waals surface area (Å²) < 4.78 is 5.99. The number of carbonyl (C=O) groups excluding carboxylic acids is 2. The Morgan fingerprint density at radius 1 is 1.11 bits per heavy atom. The number of nitrogens with one attached hydrogen (secondary N) is 2. The Balaban J connectivity index is 1.58. The first-order valence-corrected chi connectivity index (χ1v) is 8.79. The van der Waals surface area contributed by atoms with E-state index in [0.29, 0.717) is 5.02 Å². The van der Waals surface area contributed by atoms with E-state index in [9.17, 15) is 19.7 Å². The number of hydrogen-bond acceptors (Lipinski definition) is 6. The summed E-state index contributed by atoms with van der Waals surface area (Å²) in [7, 11) is 0. The lowest BCUT2D eigenvalue weighted by Gasteiger charge is -2.08. The van der Waals surface area contributed by atoms with Gasteiger partial charge in [-0.2, -0.15) is 0 Å². The topological polar surface area (TPSA) is 111 Å². The van der Waals surface area contributed by atoms with Gasteiger partial charge in [0.25, 0.3) is 11.8 Å². The molecule has 0 unspecified atom stereocenters. The highest BCUT2D eigenvalue weighted by Gasteiger charge is 2.18. The van der Waals surface area contributed by atoms with Gasteiger partial charge < -0.3 is 4.74 Å². The van der Waals surface area contributed by atoms with E-state index in [-0.39, 0.29) is 16.3 Å². The van der Waals surface area contributed by atoms with Crippen molar-refractivity contribution in [1.29, 1.82) is 0 Å². The summed E-state index contributed by atoms with van der Waals surface area (Å²) >= 11 is 7.40. The molecule has 0 radical (unpaired) electrons. The average molecular weight is 406 g/mol. The Bertz CT molecular complexity index is 1040. The van der Waals surface area contributed by atoms with E-state index in [2.05, 4.69) is 10.9 Å². The van der Waals surface area contributed by atoms with Crippen molar-refractivity contribution in [2.75, 3.05) is 6.61 Å². The molecule has 2 aromatic carbocycles. The van der Waals surface area contributed by atoms with Gasteiger partial charge in [0.05, 0.1) is 9.95 Å². The summed E-state index contributed by atoms with van der Waals surface area (Å²) in [4.78, 5) is 34.6. The number of benzene rings is 2. The van der Waals surface area contributed by atoms with Crippen LogP contribution in [0.5, 0.6) is 5.75 Å². The Labute approximate surface area is 161 Å². The molecule has 1 heterocycles. The molecule has 27 heavy (non-hydrogen) atoms. The number of rotatable bonds is 5. The van der Waals surface area contributed by atoms with Crippen molar-refractivity contribution in [3.05, 3.63) is 68.5 Å². The number of nitrogens with zero attached hydrogens (tertiary/aromatic N) is 1. The molecule has 0 saturated heterocycles. The molecule has 2 amide bonds. The predicted octanol–water partition coefficient (Wildman–Crippen LogP) is 3.30. The fourth-order valence-corrected chi connectivity index (χ4v) is 3.66. The summed E-state index contributed by atoms with van der Waals surface area (Å²) in [6.45, 7) is -0.509. The van der Waals surface area contributed by atoms with Gasteiger partial charge in [-0.05, 0) is 12.1 Å². The third kappa shape index (κ3) is 4.15. The molecule has 0 saturated carbocycles. The largest absolute Gasteiger partial charge is 0.477 e. The lowest BCUT2D eigenvalue weighted by atomic mass is 10.2. The molecule has 2 N–H and O–H groups in total. The van der Waals surface area contributed by atoms with Crippen LogP contribution in [0.1, 0.15) is 9.67 Å². The zero-order valence-electron chi connectivity index (χ0n) is 13.6. The maximum Gasteiger partial charge on any atom is 0.310 e. The monoisotopic (exact) mass is 405 g/mol. The fraction of sp³-hybridized carbons (Fsp3) is 0.0588. The molecule has 0 bridgehead atoms. The van der Waals surface area contributed by atoms with Gasteiger partial charge in [0.15, 0.2) is 12.4 Å². The fourth-order valence-electron chi connectivity index (χ4n) is 2.25. The zero-order valence-corrected chi connectivity index (χ0v) is 15.2. The van der Waals surface area contributed by atoms with Gasteiger partial charge in [0, 0.05) is 16.2 Å². The highest BCUT2D eigenvalue weighted by atomic mass is 35.5. The van der Waals surface area contributed by atoms with Crippen molar-refractivity contribution in [3.8, 4) is 5.75 Å². The smallest absolute Gasteiger partial charge is 0.310 e.